The van der Waals surface area contributed by atoms with Gasteiger partial charge >= 0.3 is 5.97 Å². The molecule has 0 aliphatic carbocycles. The monoisotopic (exact) mass is 218 g/mol. The molecular weight excluding hydrogens is 200 g/mol. The zero-order valence-corrected chi connectivity index (χ0v) is 9.90. The first-order valence-corrected chi connectivity index (χ1v) is 5.64. The molecule has 0 saturated carbocycles. The van der Waals surface area contributed by atoms with E-state index in [1.807, 2.05) is 38.1 Å². The number of allylic oxidation sites excluding steroid dienone is 1. The highest BCUT2D eigenvalue weighted by molar-refractivity contribution is 5.88. The molecule has 0 bridgehead atoms. The molecule has 0 spiro atoms. The Hall–Kier alpha value is -1.57. The summed E-state index contributed by atoms with van der Waals surface area (Å²) >= 11 is 0. The van der Waals surface area contributed by atoms with Crippen LogP contribution in [0.1, 0.15) is 25.8 Å². The minimum atomic E-state index is -0.194. The molecule has 0 aliphatic rings. The van der Waals surface area contributed by atoms with E-state index in [1.54, 1.807) is 0 Å². The van der Waals surface area contributed by atoms with Crippen LogP contribution < -0.4 is 0 Å². The number of aryl methyl sites for hydroxylation is 1. The summed E-state index contributed by atoms with van der Waals surface area (Å²) in [5.41, 5.74) is 2.00. The van der Waals surface area contributed by atoms with E-state index in [9.17, 15) is 4.79 Å². The van der Waals surface area contributed by atoms with Crippen molar-refractivity contribution in [2.75, 3.05) is 6.61 Å². The lowest BCUT2D eigenvalue weighted by atomic mass is 10.0. The van der Waals surface area contributed by atoms with Crippen molar-refractivity contribution in [1.82, 2.24) is 0 Å². The van der Waals surface area contributed by atoms with Crippen LogP contribution in [0.3, 0.4) is 0 Å². The van der Waals surface area contributed by atoms with Gasteiger partial charge in [0.15, 0.2) is 0 Å². The summed E-state index contributed by atoms with van der Waals surface area (Å²) < 4.78 is 4.98. The van der Waals surface area contributed by atoms with E-state index in [0.717, 1.165) is 18.4 Å². The van der Waals surface area contributed by atoms with Gasteiger partial charge in [0.2, 0.25) is 0 Å². The quantitative estimate of drug-likeness (QED) is 0.560. The van der Waals surface area contributed by atoms with Crippen LogP contribution in [0.4, 0.5) is 0 Å². The van der Waals surface area contributed by atoms with Gasteiger partial charge in [-0.3, -0.25) is 0 Å². The third-order valence-corrected chi connectivity index (χ3v) is 2.41. The van der Waals surface area contributed by atoms with Crippen LogP contribution in [0.2, 0.25) is 0 Å². The molecule has 1 rings (SSSR count). The Morgan fingerprint density at radius 1 is 1.31 bits per heavy atom. The van der Waals surface area contributed by atoms with E-state index in [1.165, 1.54) is 5.56 Å². The smallest absolute Gasteiger partial charge is 0.333 e. The maximum absolute atomic E-state index is 11.5. The second-order valence-corrected chi connectivity index (χ2v) is 3.52. The van der Waals surface area contributed by atoms with Crippen molar-refractivity contribution in [3.63, 3.8) is 0 Å². The summed E-state index contributed by atoms with van der Waals surface area (Å²) in [5.74, 6) is -0.194. The zero-order chi connectivity index (χ0) is 11.8. The van der Waals surface area contributed by atoms with E-state index in [2.05, 4.69) is 12.1 Å². The van der Waals surface area contributed by atoms with Crippen molar-refractivity contribution < 1.29 is 9.53 Å². The number of carbonyl (C=O) groups is 1. The number of esters is 1. The van der Waals surface area contributed by atoms with Gasteiger partial charge in [-0.05, 0) is 32.3 Å². The first-order valence-electron chi connectivity index (χ1n) is 5.64. The molecule has 0 unspecified atom stereocenters. The van der Waals surface area contributed by atoms with Crippen LogP contribution in [0.5, 0.6) is 0 Å². The second kappa shape index (κ2) is 6.83. The average molecular weight is 218 g/mol. The maximum atomic E-state index is 11.5. The van der Waals surface area contributed by atoms with Gasteiger partial charge in [-0.25, -0.2) is 4.79 Å². The molecular formula is C14H18O2. The van der Waals surface area contributed by atoms with Crippen molar-refractivity contribution in [1.29, 1.82) is 0 Å². The van der Waals surface area contributed by atoms with Crippen molar-refractivity contribution in [3.8, 4) is 0 Å². The molecule has 86 valence electrons. The number of carbonyl (C=O) groups excluding carboxylic acids is 1. The summed E-state index contributed by atoms with van der Waals surface area (Å²) in [6.45, 7) is 4.13. The molecule has 0 aromatic heterocycles. The Morgan fingerprint density at radius 2 is 2.00 bits per heavy atom. The van der Waals surface area contributed by atoms with Crippen molar-refractivity contribution in [3.05, 3.63) is 47.5 Å². The molecule has 2 heteroatoms. The second-order valence-electron chi connectivity index (χ2n) is 3.52. The fourth-order valence-corrected chi connectivity index (χ4v) is 1.51. The van der Waals surface area contributed by atoms with Crippen LogP contribution in [-0.4, -0.2) is 12.6 Å². The Morgan fingerprint density at radius 3 is 2.56 bits per heavy atom. The van der Waals surface area contributed by atoms with E-state index in [0.29, 0.717) is 6.61 Å². The van der Waals surface area contributed by atoms with E-state index >= 15 is 0 Å². The highest BCUT2D eigenvalue weighted by atomic mass is 16.5. The summed E-state index contributed by atoms with van der Waals surface area (Å²) in [6, 6.07) is 10.1. The lowest BCUT2D eigenvalue weighted by molar-refractivity contribution is -0.138. The summed E-state index contributed by atoms with van der Waals surface area (Å²) in [6.07, 6.45) is 3.44. The minimum absolute atomic E-state index is 0.194. The standard InChI is InChI=1S/C14H18O2/c1-3-13(14(15)16-4-2)11-10-12-8-6-5-7-9-12/h3,5-9H,4,10-11H2,1-2H3/b13-3-. The Balaban J connectivity index is 2.50. The van der Waals surface area contributed by atoms with Crippen LogP contribution in [0.15, 0.2) is 42.0 Å². The van der Waals surface area contributed by atoms with Crippen molar-refractivity contribution in [2.45, 2.75) is 26.7 Å². The first kappa shape index (κ1) is 12.5. The predicted molar refractivity (Wildman–Crippen MR) is 65.2 cm³/mol. The zero-order valence-electron chi connectivity index (χ0n) is 9.90. The number of ether oxygens (including phenoxy) is 1. The Bertz CT molecular complexity index is 352. The highest BCUT2D eigenvalue weighted by Crippen LogP contribution is 2.10. The molecule has 0 fully saturated rings. The van der Waals surface area contributed by atoms with Crippen LogP contribution in [-0.2, 0) is 16.0 Å². The third-order valence-electron chi connectivity index (χ3n) is 2.41. The normalized spacial score (nSPS) is 11.2. The molecule has 0 atom stereocenters. The molecule has 16 heavy (non-hydrogen) atoms. The lowest BCUT2D eigenvalue weighted by Gasteiger charge is -2.06. The average Bonchev–Trinajstić information content (AvgIpc) is 2.31. The van der Waals surface area contributed by atoms with Gasteiger partial charge in [0, 0.05) is 5.57 Å². The molecule has 0 radical (unpaired) electrons. The molecule has 1 aromatic carbocycles. The fraction of sp³-hybridized carbons (Fsp3) is 0.357. The van der Waals surface area contributed by atoms with Gasteiger partial charge in [0.05, 0.1) is 6.61 Å². The van der Waals surface area contributed by atoms with Gasteiger partial charge in [-0.1, -0.05) is 36.4 Å². The summed E-state index contributed by atoms with van der Waals surface area (Å²) in [4.78, 5) is 11.5. The number of rotatable bonds is 5. The molecule has 1 aromatic rings. The number of hydrogen-bond donors (Lipinski definition) is 0. The fourth-order valence-electron chi connectivity index (χ4n) is 1.51. The number of hydrogen-bond acceptors (Lipinski definition) is 2. The first-order chi connectivity index (χ1) is 7.77. The van der Waals surface area contributed by atoms with Crippen molar-refractivity contribution in [2.24, 2.45) is 0 Å². The SMILES string of the molecule is C/C=C(/CCc1ccccc1)C(=O)OCC. The van der Waals surface area contributed by atoms with Gasteiger partial charge in [-0.2, -0.15) is 0 Å². The maximum Gasteiger partial charge on any atom is 0.333 e. The van der Waals surface area contributed by atoms with Gasteiger partial charge in [-0.15, -0.1) is 0 Å². The Labute approximate surface area is 96.9 Å². The van der Waals surface area contributed by atoms with Gasteiger partial charge in [0.25, 0.3) is 0 Å². The molecule has 2 nitrogen and oxygen atoms in total. The minimum Gasteiger partial charge on any atom is -0.463 e. The third kappa shape index (κ3) is 3.89. The predicted octanol–water partition coefficient (Wildman–Crippen LogP) is 3.13. The molecule has 0 N–H and O–H groups in total. The largest absolute Gasteiger partial charge is 0.463 e. The molecule has 0 heterocycles. The van der Waals surface area contributed by atoms with E-state index in [-0.39, 0.29) is 5.97 Å². The van der Waals surface area contributed by atoms with Crippen LogP contribution in [0.25, 0.3) is 0 Å². The van der Waals surface area contributed by atoms with Crippen LogP contribution >= 0.6 is 0 Å². The summed E-state index contributed by atoms with van der Waals surface area (Å²) in [7, 11) is 0. The topological polar surface area (TPSA) is 26.3 Å². The van der Waals surface area contributed by atoms with E-state index in [4.69, 9.17) is 4.74 Å². The lowest BCUT2D eigenvalue weighted by Crippen LogP contribution is -2.08. The molecule has 0 saturated heterocycles. The summed E-state index contributed by atoms with van der Waals surface area (Å²) in [5, 5.41) is 0. The Kier molecular flexibility index (Phi) is 5.34. The molecule has 0 amide bonds. The van der Waals surface area contributed by atoms with Crippen molar-refractivity contribution >= 4 is 5.97 Å². The molecule has 0 aliphatic heterocycles. The highest BCUT2D eigenvalue weighted by Gasteiger charge is 2.08. The number of benzene rings is 1. The van der Waals surface area contributed by atoms with Gasteiger partial charge < -0.3 is 4.74 Å². The van der Waals surface area contributed by atoms with Crippen LogP contribution in [0, 0.1) is 0 Å². The van der Waals surface area contributed by atoms with E-state index < -0.39 is 0 Å². The van der Waals surface area contributed by atoms with Gasteiger partial charge in [0.1, 0.15) is 0 Å².